The number of benzene rings is 2. The molecule has 120 valence electrons. The van der Waals surface area contributed by atoms with Gasteiger partial charge in [-0.15, -0.1) is 0 Å². The summed E-state index contributed by atoms with van der Waals surface area (Å²) in [5.41, 5.74) is 4.02. The lowest BCUT2D eigenvalue weighted by atomic mass is 10.2. The molecule has 0 aliphatic heterocycles. The first-order valence-corrected chi connectivity index (χ1v) is 8.85. The third-order valence-corrected chi connectivity index (χ3v) is 4.56. The second-order valence-electron chi connectivity index (χ2n) is 4.28. The van der Waals surface area contributed by atoms with E-state index in [4.69, 9.17) is 35.4 Å². The van der Waals surface area contributed by atoms with E-state index in [-0.39, 0.29) is 10.9 Å². The minimum atomic E-state index is 0.128. The summed E-state index contributed by atoms with van der Waals surface area (Å²) in [6, 6.07) is 8.45. The molecule has 9 heteroatoms. The molecule has 0 heterocycles. The van der Waals surface area contributed by atoms with Gasteiger partial charge < -0.3 is 10.4 Å². The van der Waals surface area contributed by atoms with Crippen molar-refractivity contribution in [3.05, 3.63) is 54.9 Å². The molecule has 0 spiro atoms. The highest BCUT2D eigenvalue weighted by molar-refractivity contribution is 9.11. The fourth-order valence-corrected chi connectivity index (χ4v) is 3.29. The Morgan fingerprint density at radius 2 is 1.83 bits per heavy atom. The second-order valence-corrected chi connectivity index (χ2v) is 7.24. The number of halogens is 4. The van der Waals surface area contributed by atoms with Crippen LogP contribution in [0.3, 0.4) is 0 Å². The number of phenols is 1. The highest BCUT2D eigenvalue weighted by Crippen LogP contribution is 2.32. The predicted octanol–water partition coefficient (Wildman–Crippen LogP) is 5.54. The Bertz CT molecular complexity index is 764. The van der Waals surface area contributed by atoms with Gasteiger partial charge in [0.1, 0.15) is 5.75 Å². The zero-order valence-electron chi connectivity index (χ0n) is 11.3. The molecule has 0 amide bonds. The van der Waals surface area contributed by atoms with E-state index >= 15 is 0 Å². The van der Waals surface area contributed by atoms with Crippen LogP contribution < -0.4 is 10.7 Å². The monoisotopic (exact) mass is 495 g/mol. The minimum Gasteiger partial charge on any atom is -0.506 e. The van der Waals surface area contributed by atoms with E-state index in [9.17, 15) is 5.11 Å². The van der Waals surface area contributed by atoms with Crippen molar-refractivity contribution in [1.29, 1.82) is 0 Å². The molecule has 0 aliphatic rings. The highest BCUT2D eigenvalue weighted by Gasteiger charge is 2.05. The number of nitrogens with zero attached hydrogens (tertiary/aromatic N) is 1. The van der Waals surface area contributed by atoms with E-state index in [0.29, 0.717) is 24.7 Å². The first kappa shape index (κ1) is 18.5. The van der Waals surface area contributed by atoms with Gasteiger partial charge >= 0.3 is 0 Å². The van der Waals surface area contributed by atoms with E-state index in [1.807, 2.05) is 0 Å². The molecule has 23 heavy (non-hydrogen) atoms. The molecule has 0 aliphatic carbocycles. The van der Waals surface area contributed by atoms with E-state index in [1.54, 1.807) is 36.5 Å². The standard InChI is InChI=1S/C14H9Br2Cl2N3OS/c15-9-3-7(4-10(16)13(9)22)6-19-21-14(23)20-12-5-8(17)1-2-11(12)18/h1-6,22H,(H2,20,21,23)/b19-6-. The number of hydrogen-bond acceptors (Lipinski definition) is 3. The molecule has 0 fully saturated rings. The van der Waals surface area contributed by atoms with Crippen molar-refractivity contribution in [2.75, 3.05) is 5.32 Å². The summed E-state index contributed by atoms with van der Waals surface area (Å²) in [5.74, 6) is 0.128. The zero-order chi connectivity index (χ0) is 17.0. The Morgan fingerprint density at radius 3 is 2.48 bits per heavy atom. The zero-order valence-corrected chi connectivity index (χ0v) is 16.8. The average molecular weight is 498 g/mol. The van der Waals surface area contributed by atoms with Crippen LogP contribution in [0.4, 0.5) is 5.69 Å². The maximum Gasteiger partial charge on any atom is 0.191 e. The lowest BCUT2D eigenvalue weighted by Gasteiger charge is -2.09. The third-order valence-electron chi connectivity index (χ3n) is 2.60. The molecule has 4 nitrogen and oxygen atoms in total. The van der Waals surface area contributed by atoms with Gasteiger partial charge in [0, 0.05) is 5.02 Å². The van der Waals surface area contributed by atoms with Crippen LogP contribution in [0.5, 0.6) is 5.75 Å². The van der Waals surface area contributed by atoms with Crippen molar-refractivity contribution in [1.82, 2.24) is 5.43 Å². The molecule has 0 saturated carbocycles. The lowest BCUT2D eigenvalue weighted by molar-refractivity contribution is 0.468. The molecule has 0 aromatic heterocycles. The topological polar surface area (TPSA) is 56.7 Å². The molecule has 0 radical (unpaired) electrons. The molecule has 2 rings (SSSR count). The largest absolute Gasteiger partial charge is 0.506 e. The van der Waals surface area contributed by atoms with Crippen LogP contribution in [0.1, 0.15) is 5.56 Å². The van der Waals surface area contributed by atoms with Crippen LogP contribution >= 0.6 is 67.3 Å². The Morgan fingerprint density at radius 1 is 1.17 bits per heavy atom. The van der Waals surface area contributed by atoms with E-state index < -0.39 is 0 Å². The molecular formula is C14H9Br2Cl2N3OS. The van der Waals surface area contributed by atoms with E-state index in [0.717, 1.165) is 5.56 Å². The van der Waals surface area contributed by atoms with Crippen LogP contribution in [-0.2, 0) is 0 Å². The molecule has 3 N–H and O–H groups in total. The van der Waals surface area contributed by atoms with Gasteiger partial charge in [0.05, 0.1) is 25.9 Å². The van der Waals surface area contributed by atoms with Crippen molar-refractivity contribution in [2.24, 2.45) is 5.10 Å². The number of rotatable bonds is 3. The van der Waals surface area contributed by atoms with Crippen LogP contribution in [0, 0.1) is 0 Å². The van der Waals surface area contributed by atoms with Crippen LogP contribution in [0.25, 0.3) is 0 Å². The summed E-state index contributed by atoms with van der Waals surface area (Å²) >= 11 is 23.6. The summed E-state index contributed by atoms with van der Waals surface area (Å²) < 4.78 is 1.11. The number of thiocarbonyl (C=S) groups is 1. The summed E-state index contributed by atoms with van der Waals surface area (Å²) in [5, 5.41) is 17.9. The molecule has 0 atom stereocenters. The number of aromatic hydroxyl groups is 1. The maximum absolute atomic E-state index is 9.65. The SMILES string of the molecule is Oc1c(Br)cc(/C=N\NC(=S)Nc2cc(Cl)ccc2Cl)cc1Br. The number of hydrazone groups is 1. The van der Waals surface area contributed by atoms with Crippen molar-refractivity contribution in [3.8, 4) is 5.75 Å². The van der Waals surface area contributed by atoms with Crippen molar-refractivity contribution < 1.29 is 5.11 Å². The lowest BCUT2D eigenvalue weighted by Crippen LogP contribution is -2.24. The van der Waals surface area contributed by atoms with E-state index in [2.05, 4.69) is 47.7 Å². The summed E-state index contributed by atoms with van der Waals surface area (Å²) in [4.78, 5) is 0. The van der Waals surface area contributed by atoms with Crippen molar-refractivity contribution >= 4 is 84.3 Å². The molecule has 0 bridgehead atoms. The Kier molecular flexibility index (Phi) is 6.67. The second kappa shape index (κ2) is 8.30. The van der Waals surface area contributed by atoms with Gasteiger partial charge in [-0.05, 0) is 80.0 Å². The quantitative estimate of drug-likeness (QED) is 0.296. The van der Waals surface area contributed by atoms with Crippen LogP contribution in [-0.4, -0.2) is 16.4 Å². The Hall–Kier alpha value is -0.860. The van der Waals surface area contributed by atoms with Crippen molar-refractivity contribution in [3.63, 3.8) is 0 Å². The number of phenolic OH excluding ortho intramolecular Hbond substituents is 1. The van der Waals surface area contributed by atoms with Gasteiger partial charge in [0.2, 0.25) is 0 Å². The van der Waals surface area contributed by atoms with Gasteiger partial charge in [-0.3, -0.25) is 5.43 Å². The smallest absolute Gasteiger partial charge is 0.191 e. The normalized spacial score (nSPS) is 10.8. The molecule has 0 unspecified atom stereocenters. The van der Waals surface area contributed by atoms with Gasteiger partial charge in [0.25, 0.3) is 0 Å². The molecule has 2 aromatic carbocycles. The predicted molar refractivity (Wildman–Crippen MR) is 107 cm³/mol. The Labute approximate surface area is 165 Å². The summed E-state index contributed by atoms with van der Waals surface area (Å²) in [7, 11) is 0. The van der Waals surface area contributed by atoms with Crippen molar-refractivity contribution in [2.45, 2.75) is 0 Å². The third kappa shape index (κ3) is 5.32. The number of anilines is 1. The fourth-order valence-electron chi connectivity index (χ4n) is 1.57. The molecule has 0 saturated heterocycles. The van der Waals surface area contributed by atoms with Gasteiger partial charge in [-0.2, -0.15) is 5.10 Å². The average Bonchev–Trinajstić information content (AvgIpc) is 2.48. The Balaban J connectivity index is 2.00. The molecule has 2 aromatic rings. The summed E-state index contributed by atoms with van der Waals surface area (Å²) in [6.45, 7) is 0. The summed E-state index contributed by atoms with van der Waals surface area (Å²) in [6.07, 6.45) is 1.56. The van der Waals surface area contributed by atoms with Crippen LogP contribution in [0.15, 0.2) is 44.4 Å². The van der Waals surface area contributed by atoms with Gasteiger partial charge in [-0.1, -0.05) is 23.2 Å². The number of hydrogen-bond donors (Lipinski definition) is 3. The van der Waals surface area contributed by atoms with E-state index in [1.165, 1.54) is 0 Å². The first-order valence-electron chi connectivity index (χ1n) is 6.10. The first-order chi connectivity index (χ1) is 10.9. The maximum atomic E-state index is 9.65. The van der Waals surface area contributed by atoms with Gasteiger partial charge in [0.15, 0.2) is 5.11 Å². The van der Waals surface area contributed by atoms with Crippen LogP contribution in [0.2, 0.25) is 10.0 Å². The van der Waals surface area contributed by atoms with Gasteiger partial charge in [-0.25, -0.2) is 0 Å². The highest BCUT2D eigenvalue weighted by atomic mass is 79.9. The number of nitrogens with one attached hydrogen (secondary N) is 2. The minimum absolute atomic E-state index is 0.128. The fraction of sp³-hybridized carbons (Fsp3) is 0. The molecular weight excluding hydrogens is 489 g/mol.